The predicted octanol–water partition coefficient (Wildman–Crippen LogP) is 7.58. The Bertz CT molecular complexity index is 1330. The van der Waals surface area contributed by atoms with Gasteiger partial charge in [-0.25, -0.2) is 4.98 Å². The lowest BCUT2D eigenvalue weighted by atomic mass is 9.77. The minimum atomic E-state index is -4.87. The third-order valence-electron chi connectivity index (χ3n) is 7.47. The van der Waals surface area contributed by atoms with E-state index in [4.69, 9.17) is 9.52 Å². The number of carboxylic acids is 1. The van der Waals surface area contributed by atoms with Gasteiger partial charge in [0.1, 0.15) is 5.78 Å². The summed E-state index contributed by atoms with van der Waals surface area (Å²) in [6.45, 7) is 1.84. The number of nitrogens with zero attached hydrogens (tertiary/aromatic N) is 1. The molecule has 0 radical (unpaired) electrons. The number of rotatable bonds is 11. The Morgan fingerprint density at radius 2 is 1.60 bits per heavy atom. The molecule has 1 saturated carbocycles. The molecule has 4 rings (SSSR count). The van der Waals surface area contributed by atoms with Crippen molar-refractivity contribution >= 4 is 17.5 Å². The van der Waals surface area contributed by atoms with Gasteiger partial charge in [0.2, 0.25) is 11.7 Å². The highest BCUT2D eigenvalue weighted by atomic mass is 19.4. The fourth-order valence-electron chi connectivity index (χ4n) is 5.26. The van der Waals surface area contributed by atoms with Gasteiger partial charge in [-0.3, -0.25) is 14.4 Å². The summed E-state index contributed by atoms with van der Waals surface area (Å²) in [5, 5.41) is 8.98. The van der Waals surface area contributed by atoms with E-state index in [1.54, 1.807) is 24.3 Å². The maximum Gasteiger partial charge on any atom is 0.452 e. The first-order chi connectivity index (χ1) is 19.0. The molecule has 1 aliphatic carbocycles. The minimum absolute atomic E-state index is 0.0606. The Labute approximate surface area is 230 Å². The van der Waals surface area contributed by atoms with E-state index in [0.29, 0.717) is 11.5 Å². The highest BCUT2D eigenvalue weighted by molar-refractivity contribution is 5.96. The number of benzene rings is 2. The van der Waals surface area contributed by atoms with E-state index in [0.717, 1.165) is 36.8 Å². The first-order valence-corrected chi connectivity index (χ1v) is 13.5. The van der Waals surface area contributed by atoms with Gasteiger partial charge in [0, 0.05) is 31.2 Å². The third kappa shape index (κ3) is 7.67. The number of halogens is 3. The lowest BCUT2D eigenvalue weighted by Crippen LogP contribution is -2.16. The van der Waals surface area contributed by atoms with Crippen LogP contribution < -0.4 is 0 Å². The van der Waals surface area contributed by atoms with Crippen LogP contribution in [0.2, 0.25) is 0 Å². The summed E-state index contributed by atoms with van der Waals surface area (Å²) in [5.74, 6) is -2.75. The molecule has 40 heavy (non-hydrogen) atoms. The summed E-state index contributed by atoms with van der Waals surface area (Å²) in [6.07, 6.45) is -0.894. The van der Waals surface area contributed by atoms with E-state index < -0.39 is 29.4 Å². The molecule has 1 N–H and O–H groups in total. The summed E-state index contributed by atoms with van der Waals surface area (Å²) in [4.78, 5) is 39.9. The van der Waals surface area contributed by atoms with Crippen LogP contribution in [0.3, 0.4) is 0 Å². The number of carbonyl (C=O) groups is 3. The maximum absolute atomic E-state index is 13.5. The molecule has 0 amide bonds. The van der Waals surface area contributed by atoms with Gasteiger partial charge in [0.25, 0.3) is 0 Å². The number of aryl methyl sites for hydroxylation is 1. The molecule has 1 aromatic heterocycles. The molecule has 1 fully saturated rings. The molecule has 1 aliphatic rings. The average Bonchev–Trinajstić information content (AvgIpc) is 3.36. The Morgan fingerprint density at radius 1 is 0.950 bits per heavy atom. The Morgan fingerprint density at radius 3 is 2.20 bits per heavy atom. The number of hydrogen-bond donors (Lipinski definition) is 1. The largest absolute Gasteiger partial charge is 0.481 e. The maximum atomic E-state index is 13.5. The zero-order chi connectivity index (χ0) is 28.9. The normalized spacial score (nSPS) is 17.5. The van der Waals surface area contributed by atoms with Crippen LogP contribution in [0.5, 0.6) is 0 Å². The topological polar surface area (TPSA) is 97.5 Å². The molecule has 3 aromatic rings. The van der Waals surface area contributed by atoms with Crippen molar-refractivity contribution in [3.8, 4) is 11.5 Å². The lowest BCUT2D eigenvalue weighted by Gasteiger charge is -2.28. The van der Waals surface area contributed by atoms with Crippen LogP contribution in [0.25, 0.3) is 11.5 Å². The van der Waals surface area contributed by atoms with Crippen molar-refractivity contribution in [2.75, 3.05) is 0 Å². The molecule has 0 bridgehead atoms. The van der Waals surface area contributed by atoms with E-state index in [1.807, 2.05) is 31.2 Å². The molecule has 0 atom stereocenters. The molecular formula is C31H32F3NO5. The van der Waals surface area contributed by atoms with Gasteiger partial charge in [0.15, 0.2) is 11.5 Å². The van der Waals surface area contributed by atoms with Gasteiger partial charge in [-0.15, -0.1) is 0 Å². The van der Waals surface area contributed by atoms with Crippen LogP contribution in [-0.4, -0.2) is 27.6 Å². The van der Waals surface area contributed by atoms with Crippen molar-refractivity contribution in [3.05, 3.63) is 76.7 Å². The number of aromatic nitrogens is 1. The smallest absolute Gasteiger partial charge is 0.452 e. The van der Waals surface area contributed by atoms with Crippen molar-refractivity contribution in [2.45, 2.75) is 76.8 Å². The first kappa shape index (κ1) is 29.2. The molecule has 1 heterocycles. The molecular weight excluding hydrogens is 523 g/mol. The van der Waals surface area contributed by atoms with Crippen molar-refractivity contribution < 1.29 is 37.1 Å². The molecule has 2 aromatic carbocycles. The highest BCUT2D eigenvalue weighted by Crippen LogP contribution is 2.38. The van der Waals surface area contributed by atoms with Crippen LogP contribution in [0.4, 0.5) is 13.2 Å². The van der Waals surface area contributed by atoms with E-state index in [1.165, 1.54) is 5.56 Å². The van der Waals surface area contributed by atoms with Crippen molar-refractivity contribution in [1.82, 2.24) is 4.98 Å². The average molecular weight is 556 g/mol. The number of aliphatic carboxylic acids is 1. The monoisotopic (exact) mass is 555 g/mol. The number of hydrogen-bond acceptors (Lipinski definition) is 5. The van der Waals surface area contributed by atoms with Crippen LogP contribution in [0, 0.1) is 12.8 Å². The van der Waals surface area contributed by atoms with E-state index in [-0.39, 0.29) is 49.7 Å². The van der Waals surface area contributed by atoms with Gasteiger partial charge in [-0.2, -0.15) is 13.2 Å². The molecule has 6 nitrogen and oxygen atoms in total. The zero-order valence-corrected chi connectivity index (χ0v) is 22.3. The Kier molecular flexibility index (Phi) is 9.22. The Balaban J connectivity index is 1.28. The quantitative estimate of drug-likeness (QED) is 0.245. The molecule has 0 aliphatic heterocycles. The summed E-state index contributed by atoms with van der Waals surface area (Å²) in [7, 11) is 0. The summed E-state index contributed by atoms with van der Waals surface area (Å²) >= 11 is 0. The van der Waals surface area contributed by atoms with Crippen LogP contribution in [0.1, 0.15) is 90.2 Å². The summed E-state index contributed by atoms with van der Waals surface area (Å²) in [6, 6.07) is 14.4. The second-order valence-electron chi connectivity index (χ2n) is 10.6. The molecule has 0 unspecified atom stereocenters. The van der Waals surface area contributed by atoms with Crippen LogP contribution in [0.15, 0.2) is 52.9 Å². The number of carboxylic acid groups (broad SMARTS) is 1. The molecule has 0 saturated heterocycles. The van der Waals surface area contributed by atoms with Crippen molar-refractivity contribution in [1.29, 1.82) is 0 Å². The minimum Gasteiger partial charge on any atom is -0.481 e. The lowest BCUT2D eigenvalue weighted by molar-refractivity contribution is -0.153. The number of Topliss-reactive ketones (excluding diaryl/α,β-unsaturated/α-hetero) is 2. The van der Waals surface area contributed by atoms with Gasteiger partial charge in [-0.1, -0.05) is 42.0 Å². The van der Waals surface area contributed by atoms with Gasteiger partial charge < -0.3 is 9.52 Å². The highest BCUT2D eigenvalue weighted by Gasteiger charge is 2.41. The molecule has 0 spiro atoms. The van der Waals surface area contributed by atoms with E-state index in [2.05, 4.69) is 4.98 Å². The number of oxazole rings is 1. The van der Waals surface area contributed by atoms with E-state index >= 15 is 0 Å². The molecule has 212 valence electrons. The zero-order valence-electron chi connectivity index (χ0n) is 22.3. The standard InChI is InChI=1S/C31H32F3NO5/c1-19-5-11-24(12-6-19)30-35-28(29(40-30)31(32,33)34)26(37)4-2-3-25(36)17-20-7-13-22(14-8-20)23-15-9-21(10-16-23)18-27(38)39/h5-8,11-14,21,23H,2-4,9-10,15-18H2,1H3,(H,38,39). The number of alkyl halides is 3. The second-order valence-corrected chi connectivity index (χ2v) is 10.6. The van der Waals surface area contributed by atoms with Crippen molar-refractivity contribution in [3.63, 3.8) is 0 Å². The first-order valence-electron chi connectivity index (χ1n) is 13.5. The fourth-order valence-corrected chi connectivity index (χ4v) is 5.26. The number of carbonyl (C=O) groups excluding carboxylic acids is 2. The predicted molar refractivity (Wildman–Crippen MR) is 142 cm³/mol. The Hall–Kier alpha value is -3.75. The van der Waals surface area contributed by atoms with Gasteiger partial charge in [0.05, 0.1) is 0 Å². The van der Waals surface area contributed by atoms with Crippen LogP contribution >= 0.6 is 0 Å². The second kappa shape index (κ2) is 12.6. The third-order valence-corrected chi connectivity index (χ3v) is 7.47. The van der Waals surface area contributed by atoms with Gasteiger partial charge >= 0.3 is 12.1 Å². The van der Waals surface area contributed by atoms with E-state index in [9.17, 15) is 27.6 Å². The summed E-state index contributed by atoms with van der Waals surface area (Å²) < 4.78 is 45.6. The number of ketones is 2. The molecule has 9 heteroatoms. The fraction of sp³-hybridized carbons (Fsp3) is 0.419. The SMILES string of the molecule is Cc1ccc(-c2nc(C(=O)CCCC(=O)Cc3ccc(C4CCC(CC(=O)O)CC4)cc3)c(C(F)(F)F)o2)cc1. The summed E-state index contributed by atoms with van der Waals surface area (Å²) in [5.41, 5.74) is 2.50. The van der Waals surface area contributed by atoms with Gasteiger partial charge in [-0.05, 0) is 74.1 Å². The van der Waals surface area contributed by atoms with Crippen molar-refractivity contribution in [2.24, 2.45) is 5.92 Å². The van der Waals surface area contributed by atoms with Crippen LogP contribution in [-0.2, 0) is 22.2 Å².